The molecular weight excluding hydrogens is 800 g/mol. The molecule has 0 radical (unpaired) electrons. The van der Waals surface area contributed by atoms with Crippen LogP contribution in [0.5, 0.6) is 5.75 Å². The number of nitrogens with one attached hydrogen (secondary N) is 3. The Morgan fingerprint density at radius 2 is 1.51 bits per heavy atom. The number of aryl methyl sites for hydroxylation is 4. The molecule has 6 aromatic rings. The van der Waals surface area contributed by atoms with Crippen molar-refractivity contribution < 1.29 is 28.7 Å². The molecule has 0 aliphatic rings. The van der Waals surface area contributed by atoms with Gasteiger partial charge in [-0.3, -0.25) is 43.7 Å². The number of ether oxygens (including phenoxy) is 2. The summed E-state index contributed by atoms with van der Waals surface area (Å²) in [6.45, 7) is 9.06. The van der Waals surface area contributed by atoms with E-state index in [9.17, 15) is 19.2 Å². The van der Waals surface area contributed by atoms with Crippen LogP contribution < -0.4 is 26.8 Å². The molecule has 0 saturated carbocycles. The number of hydrogen-bond acceptors (Lipinski definition) is 10. The topological polar surface area (TPSA) is 245 Å². The molecule has 0 aliphatic carbocycles. The van der Waals surface area contributed by atoms with Gasteiger partial charge in [0.05, 0.1) is 34.5 Å². The molecule has 18 nitrogen and oxygen atoms in total. The van der Waals surface area contributed by atoms with E-state index in [2.05, 4.69) is 46.7 Å². The number of amides is 4. The lowest BCUT2D eigenvalue weighted by Crippen LogP contribution is -2.20. The van der Waals surface area contributed by atoms with Crippen LogP contribution in [0.15, 0.2) is 48.6 Å². The predicted octanol–water partition coefficient (Wildman–Crippen LogP) is 4.77. The second-order valence-electron chi connectivity index (χ2n) is 13.1. The van der Waals surface area contributed by atoms with E-state index in [1.165, 1.54) is 12.1 Å². The molecule has 4 amide bonds. The van der Waals surface area contributed by atoms with Gasteiger partial charge in [0.25, 0.3) is 11.8 Å². The molecule has 0 spiro atoms. The van der Waals surface area contributed by atoms with Crippen molar-refractivity contribution in [2.24, 2.45) is 11.5 Å². The van der Waals surface area contributed by atoms with E-state index < -0.39 is 28.6 Å². The number of fused-ring (bicyclic) bond motifs is 2. The van der Waals surface area contributed by atoms with Gasteiger partial charge in [0, 0.05) is 44.4 Å². The molecule has 298 valence electrons. The van der Waals surface area contributed by atoms with Gasteiger partial charge in [-0.25, -0.2) is 9.97 Å². The second kappa shape index (κ2) is 17.2. The van der Waals surface area contributed by atoms with E-state index in [4.69, 9.17) is 25.9 Å². The number of allylic oxidation sites excluding steroid dienone is 2. The molecule has 0 saturated heterocycles. The van der Waals surface area contributed by atoms with Crippen LogP contribution in [-0.4, -0.2) is 83.0 Å². The Kier molecular flexibility index (Phi) is 12.2. The van der Waals surface area contributed by atoms with E-state index in [-0.39, 0.29) is 36.1 Å². The highest BCUT2D eigenvalue weighted by Crippen LogP contribution is 2.36. The standard InChI is InChI=1S/C38H43BrN12O6/c1-6-49-27(14-20(3)47-49)35(54)45-37-42-25-17-23(33(40)52)16-22(31(25)44-37)10-8-11-30(39)51-32-26(18-24(34(41)53)19-29(32)57-13-9-12-56-5)43-38(51)46-36(55)28-15-21(4)48-50(28)7-2/h8,11,14-19,30H,6-7,9-10,12-13H2,1-5H3,(H2,40,52)(H2,41,53)(H,43,46,55)(H2,42,44,45,54)/b11-8+/t30-/m1/s1. The van der Waals surface area contributed by atoms with Crippen LogP contribution in [0, 0.1) is 13.8 Å². The van der Waals surface area contributed by atoms with Crippen molar-refractivity contribution in [3.8, 4) is 5.75 Å². The fraction of sp³-hybridized carbons (Fsp3) is 0.316. The van der Waals surface area contributed by atoms with Gasteiger partial charge in [-0.15, -0.1) is 0 Å². The van der Waals surface area contributed by atoms with E-state index in [1.807, 2.05) is 26.0 Å². The van der Waals surface area contributed by atoms with Crippen LogP contribution in [0.1, 0.15) is 83.9 Å². The lowest BCUT2D eigenvalue weighted by molar-refractivity contribution is 0.0991. The number of methoxy groups -OCH3 is 1. The fourth-order valence-corrected chi connectivity index (χ4v) is 6.99. The number of carbonyl (C=O) groups excluding carboxylic acids is 4. The molecule has 19 heteroatoms. The molecule has 4 aromatic heterocycles. The zero-order valence-corrected chi connectivity index (χ0v) is 33.6. The summed E-state index contributed by atoms with van der Waals surface area (Å²) in [7, 11) is 1.59. The maximum Gasteiger partial charge on any atom is 0.276 e. The molecule has 6 rings (SSSR count). The average Bonchev–Trinajstić information content (AvgIpc) is 3.96. The number of anilines is 2. The van der Waals surface area contributed by atoms with Gasteiger partial charge in [0.1, 0.15) is 27.6 Å². The number of rotatable bonds is 17. The minimum atomic E-state index is -0.676. The van der Waals surface area contributed by atoms with Crippen LogP contribution in [-0.2, 0) is 24.2 Å². The lowest BCUT2D eigenvalue weighted by atomic mass is 10.1. The summed E-state index contributed by atoms with van der Waals surface area (Å²) in [6.07, 6.45) is 4.50. The maximum atomic E-state index is 13.7. The molecule has 1 atom stereocenters. The maximum absolute atomic E-state index is 13.7. The zero-order valence-electron chi connectivity index (χ0n) is 32.1. The molecule has 0 unspecified atom stereocenters. The Bertz CT molecular complexity index is 2530. The second-order valence-corrected chi connectivity index (χ2v) is 14.0. The average molecular weight is 844 g/mol. The Morgan fingerprint density at radius 3 is 2.12 bits per heavy atom. The highest BCUT2D eigenvalue weighted by atomic mass is 79.9. The molecule has 2 aromatic carbocycles. The number of alkyl halides is 1. The van der Waals surface area contributed by atoms with Crippen LogP contribution in [0.4, 0.5) is 11.9 Å². The van der Waals surface area contributed by atoms with Crippen molar-refractivity contribution in [2.45, 2.75) is 58.6 Å². The molecule has 57 heavy (non-hydrogen) atoms. The highest BCUT2D eigenvalue weighted by Gasteiger charge is 2.25. The summed E-state index contributed by atoms with van der Waals surface area (Å²) in [4.78, 5) is 63.4. The van der Waals surface area contributed by atoms with E-state index >= 15 is 0 Å². The number of carbonyl (C=O) groups is 4. The Balaban J connectivity index is 1.37. The summed E-state index contributed by atoms with van der Waals surface area (Å²) in [5, 5.41) is 14.5. The van der Waals surface area contributed by atoms with Crippen LogP contribution in [0.25, 0.3) is 22.1 Å². The SMILES string of the molecule is CCn1nc(C)cc1C(=O)Nc1nc2c(C/C=C/[C@H](Br)n3c(NC(=O)c4cc(C)nn4CC)nc4cc(C(N)=O)cc(OCCCOC)c43)cc(C(N)=O)cc2[nH]1. The molecule has 0 fully saturated rings. The Hall–Kier alpha value is -6.34. The smallest absolute Gasteiger partial charge is 0.276 e. The van der Waals surface area contributed by atoms with E-state index in [0.717, 1.165) is 0 Å². The van der Waals surface area contributed by atoms with Crippen molar-refractivity contribution in [3.63, 3.8) is 0 Å². The van der Waals surface area contributed by atoms with Crippen molar-refractivity contribution in [2.75, 3.05) is 31.0 Å². The summed E-state index contributed by atoms with van der Waals surface area (Å²) >= 11 is 3.77. The van der Waals surface area contributed by atoms with Crippen LogP contribution in [0.3, 0.4) is 0 Å². The number of benzene rings is 2. The van der Waals surface area contributed by atoms with E-state index in [0.29, 0.717) is 82.3 Å². The van der Waals surface area contributed by atoms with Crippen LogP contribution in [0.2, 0.25) is 0 Å². The van der Waals surface area contributed by atoms with Crippen molar-refractivity contribution in [1.29, 1.82) is 0 Å². The van der Waals surface area contributed by atoms with E-state index in [1.54, 1.807) is 59.2 Å². The largest absolute Gasteiger partial charge is 0.491 e. The van der Waals surface area contributed by atoms with Gasteiger partial charge in [0.2, 0.25) is 23.7 Å². The minimum absolute atomic E-state index is 0.150. The predicted molar refractivity (Wildman–Crippen MR) is 217 cm³/mol. The minimum Gasteiger partial charge on any atom is -0.491 e. The van der Waals surface area contributed by atoms with Crippen LogP contribution >= 0.6 is 15.9 Å². The number of primary amides is 2. The number of H-pyrrole nitrogens is 1. The van der Waals surface area contributed by atoms with Gasteiger partial charge in [-0.1, -0.05) is 28.1 Å². The molecule has 0 bridgehead atoms. The first-order valence-electron chi connectivity index (χ1n) is 18.1. The fourth-order valence-electron chi connectivity index (χ4n) is 6.38. The van der Waals surface area contributed by atoms with Gasteiger partial charge in [-0.05, 0) is 76.1 Å². The third-order valence-corrected chi connectivity index (χ3v) is 9.66. The number of aromatic amines is 1. The van der Waals surface area contributed by atoms with Crippen molar-refractivity contribution in [1.82, 2.24) is 39.1 Å². The first kappa shape index (κ1) is 40.3. The number of halogens is 1. The monoisotopic (exact) mass is 842 g/mol. The van der Waals surface area contributed by atoms with Gasteiger partial charge in [-0.2, -0.15) is 10.2 Å². The van der Waals surface area contributed by atoms with Gasteiger partial charge < -0.3 is 25.9 Å². The van der Waals surface area contributed by atoms with Gasteiger partial charge >= 0.3 is 0 Å². The molecule has 4 heterocycles. The lowest BCUT2D eigenvalue weighted by Gasteiger charge is -2.16. The number of imidazole rings is 2. The highest BCUT2D eigenvalue weighted by molar-refractivity contribution is 9.09. The normalized spacial score (nSPS) is 12.1. The molecular formula is C38H43BrN12O6. The quantitative estimate of drug-likeness (QED) is 0.0478. The van der Waals surface area contributed by atoms with Crippen molar-refractivity contribution in [3.05, 3.63) is 88.0 Å². The Morgan fingerprint density at radius 1 is 0.877 bits per heavy atom. The first-order chi connectivity index (χ1) is 27.3. The molecule has 0 aliphatic heterocycles. The number of hydrogen-bond donors (Lipinski definition) is 5. The summed E-state index contributed by atoms with van der Waals surface area (Å²) in [5.41, 5.74) is 16.4. The Labute approximate surface area is 335 Å². The zero-order chi connectivity index (χ0) is 41.0. The number of aromatic nitrogens is 8. The third-order valence-electron chi connectivity index (χ3n) is 8.94. The summed E-state index contributed by atoms with van der Waals surface area (Å²) < 4.78 is 16.3. The molecule has 7 N–H and O–H groups in total. The number of nitrogens with two attached hydrogens (primary N) is 2. The van der Waals surface area contributed by atoms with Gasteiger partial charge in [0.15, 0.2) is 0 Å². The summed E-state index contributed by atoms with van der Waals surface area (Å²) in [6, 6.07) is 9.67. The summed E-state index contributed by atoms with van der Waals surface area (Å²) in [5.74, 6) is -1.51. The first-order valence-corrected chi connectivity index (χ1v) is 19.1. The van der Waals surface area contributed by atoms with Crippen molar-refractivity contribution >= 4 is 73.5 Å². The third kappa shape index (κ3) is 8.73. The number of nitrogens with zero attached hydrogens (tertiary/aromatic N) is 7.